The second-order valence-electron chi connectivity index (χ2n) is 6.01. The molecule has 10 heteroatoms. The van der Waals surface area contributed by atoms with E-state index in [0.29, 0.717) is 19.1 Å². The highest BCUT2D eigenvalue weighted by molar-refractivity contribution is 14.0. The monoisotopic (exact) mass is 465 g/mol. The average molecular weight is 465 g/mol. The smallest absolute Gasteiger partial charge is 0.243 e. The Hall–Kier alpha value is -1.43. The zero-order chi connectivity index (χ0) is 17.5. The fraction of sp³-hybridized carbons (Fsp3) is 0.733. The Bertz CT molecular complexity index is 588. The summed E-state index contributed by atoms with van der Waals surface area (Å²) in [6.07, 6.45) is 1.82. The number of carbonyl (C=O) groups excluding carboxylic acids is 1. The van der Waals surface area contributed by atoms with Crippen LogP contribution in [0.1, 0.15) is 18.1 Å². The average Bonchev–Trinajstić information content (AvgIpc) is 2.91. The van der Waals surface area contributed by atoms with E-state index in [-0.39, 0.29) is 42.5 Å². The minimum absolute atomic E-state index is 0. The molecule has 2 N–H and O–H groups in total. The third kappa shape index (κ3) is 6.77. The molecule has 1 aromatic heterocycles. The molecule has 1 aliphatic heterocycles. The highest BCUT2D eigenvalue weighted by Crippen LogP contribution is 2.12. The number of likely N-dealkylation sites (N-methyl/N-ethyl adjacent to an activating group) is 1. The summed E-state index contributed by atoms with van der Waals surface area (Å²) in [5, 5.41) is 11.0. The Morgan fingerprint density at radius 2 is 2.24 bits per heavy atom. The van der Waals surface area contributed by atoms with E-state index in [1.54, 1.807) is 21.2 Å². The van der Waals surface area contributed by atoms with E-state index in [0.717, 1.165) is 31.0 Å². The van der Waals surface area contributed by atoms with Crippen LogP contribution < -0.4 is 10.6 Å². The number of carbonyl (C=O) groups is 1. The van der Waals surface area contributed by atoms with E-state index in [9.17, 15) is 4.79 Å². The van der Waals surface area contributed by atoms with E-state index in [4.69, 9.17) is 4.74 Å². The van der Waals surface area contributed by atoms with Crippen LogP contribution in [0.3, 0.4) is 0 Å². The predicted octanol–water partition coefficient (Wildman–Crippen LogP) is -0.211. The maximum Gasteiger partial charge on any atom is 0.243 e. The number of amides is 1. The maximum atomic E-state index is 11.8. The minimum Gasteiger partial charge on any atom is -0.383 e. The van der Waals surface area contributed by atoms with Crippen molar-refractivity contribution in [2.24, 2.45) is 4.99 Å². The van der Waals surface area contributed by atoms with Crippen molar-refractivity contribution in [3.63, 3.8) is 0 Å². The lowest BCUT2D eigenvalue weighted by Crippen LogP contribution is -2.48. The highest BCUT2D eigenvalue weighted by atomic mass is 127. The van der Waals surface area contributed by atoms with Gasteiger partial charge in [-0.2, -0.15) is 5.10 Å². The number of aliphatic imine (C=N–C) groups is 1. The molecule has 25 heavy (non-hydrogen) atoms. The summed E-state index contributed by atoms with van der Waals surface area (Å²) < 4.78 is 6.99. The number of halogens is 1. The van der Waals surface area contributed by atoms with Crippen LogP contribution in [0, 0.1) is 6.92 Å². The topological polar surface area (TPSA) is 96.7 Å². The van der Waals surface area contributed by atoms with Crippen LogP contribution in [0.25, 0.3) is 0 Å². The Morgan fingerprint density at radius 1 is 1.48 bits per heavy atom. The molecule has 0 aliphatic carbocycles. The lowest BCUT2D eigenvalue weighted by Gasteiger charge is -2.25. The van der Waals surface area contributed by atoms with Crippen molar-refractivity contribution in [2.75, 3.05) is 40.9 Å². The van der Waals surface area contributed by atoms with Gasteiger partial charge in [-0.1, -0.05) is 0 Å². The van der Waals surface area contributed by atoms with Gasteiger partial charge in [0.2, 0.25) is 5.91 Å². The largest absolute Gasteiger partial charge is 0.383 e. The van der Waals surface area contributed by atoms with E-state index >= 15 is 0 Å². The molecule has 0 aromatic carbocycles. The molecular weight excluding hydrogens is 437 g/mol. The molecule has 0 fully saturated rings. The molecule has 2 heterocycles. The number of aryl methyl sites for hydroxylation is 2. The number of fused-ring (bicyclic) bond motifs is 1. The summed E-state index contributed by atoms with van der Waals surface area (Å²) in [6.45, 7) is 3.94. The van der Waals surface area contributed by atoms with Gasteiger partial charge < -0.3 is 20.3 Å². The molecule has 1 unspecified atom stereocenters. The van der Waals surface area contributed by atoms with E-state index in [1.807, 2.05) is 11.6 Å². The van der Waals surface area contributed by atoms with Crippen LogP contribution >= 0.6 is 24.0 Å². The third-order valence-electron chi connectivity index (χ3n) is 3.77. The molecule has 0 saturated heterocycles. The molecule has 1 aromatic rings. The first-order chi connectivity index (χ1) is 11.5. The van der Waals surface area contributed by atoms with Crippen molar-refractivity contribution in [1.29, 1.82) is 0 Å². The van der Waals surface area contributed by atoms with Crippen LogP contribution in [-0.4, -0.2) is 78.5 Å². The molecular formula is C15H28IN7O2. The molecule has 142 valence electrons. The Morgan fingerprint density at radius 3 is 2.92 bits per heavy atom. The van der Waals surface area contributed by atoms with Crippen molar-refractivity contribution in [2.45, 2.75) is 32.4 Å². The van der Waals surface area contributed by atoms with Gasteiger partial charge >= 0.3 is 0 Å². The number of nitrogens with zero attached hydrogens (tertiary/aromatic N) is 5. The SMILES string of the molecule is COCCNC(=NCC(=O)N(C)C)NC1CCc2nc(C)nn2C1.I. The zero-order valence-electron chi connectivity index (χ0n) is 15.3. The lowest BCUT2D eigenvalue weighted by molar-refractivity contribution is -0.127. The molecule has 1 atom stereocenters. The first-order valence-electron chi connectivity index (χ1n) is 8.14. The summed E-state index contributed by atoms with van der Waals surface area (Å²) in [7, 11) is 5.09. The number of aromatic nitrogens is 3. The molecule has 0 radical (unpaired) electrons. The van der Waals surface area contributed by atoms with Gasteiger partial charge in [-0.15, -0.1) is 24.0 Å². The van der Waals surface area contributed by atoms with Gasteiger partial charge in [-0.05, 0) is 13.3 Å². The van der Waals surface area contributed by atoms with Crippen molar-refractivity contribution >= 4 is 35.8 Å². The van der Waals surface area contributed by atoms with Crippen molar-refractivity contribution in [3.05, 3.63) is 11.6 Å². The van der Waals surface area contributed by atoms with E-state index in [1.165, 1.54) is 4.90 Å². The number of guanidine groups is 1. The van der Waals surface area contributed by atoms with E-state index < -0.39 is 0 Å². The number of hydrogen-bond acceptors (Lipinski definition) is 5. The van der Waals surface area contributed by atoms with Gasteiger partial charge in [0.25, 0.3) is 0 Å². The van der Waals surface area contributed by atoms with Gasteiger partial charge in [-0.25, -0.2) is 14.7 Å². The second-order valence-corrected chi connectivity index (χ2v) is 6.01. The quantitative estimate of drug-likeness (QED) is 0.261. The van der Waals surface area contributed by atoms with Crippen LogP contribution in [0.4, 0.5) is 0 Å². The zero-order valence-corrected chi connectivity index (χ0v) is 17.6. The van der Waals surface area contributed by atoms with Gasteiger partial charge in [-0.3, -0.25) is 4.79 Å². The first kappa shape index (κ1) is 21.6. The minimum atomic E-state index is -0.0410. The van der Waals surface area contributed by atoms with Gasteiger partial charge in [0, 0.05) is 40.2 Å². The van der Waals surface area contributed by atoms with Crippen LogP contribution in [0.15, 0.2) is 4.99 Å². The van der Waals surface area contributed by atoms with Crippen molar-refractivity contribution < 1.29 is 9.53 Å². The first-order valence-corrected chi connectivity index (χ1v) is 8.14. The normalized spacial score (nSPS) is 16.6. The number of ether oxygens (including phenoxy) is 1. The number of methoxy groups -OCH3 is 1. The molecule has 0 bridgehead atoms. The Balaban J connectivity index is 0.00000312. The van der Waals surface area contributed by atoms with Gasteiger partial charge in [0.05, 0.1) is 13.2 Å². The molecule has 0 spiro atoms. The van der Waals surface area contributed by atoms with Crippen LogP contribution in [0.2, 0.25) is 0 Å². The predicted molar refractivity (Wildman–Crippen MR) is 106 cm³/mol. The molecule has 1 aliphatic rings. The van der Waals surface area contributed by atoms with Crippen LogP contribution in [0.5, 0.6) is 0 Å². The highest BCUT2D eigenvalue weighted by Gasteiger charge is 2.21. The molecule has 9 nitrogen and oxygen atoms in total. The Labute approximate surface area is 165 Å². The van der Waals surface area contributed by atoms with Crippen LogP contribution in [-0.2, 0) is 22.5 Å². The molecule has 2 rings (SSSR count). The fourth-order valence-corrected chi connectivity index (χ4v) is 2.46. The standard InChI is InChI=1S/C15H27N7O2.HI/c1-11-18-13-6-5-12(10-22(13)20-11)19-15(16-7-8-24-4)17-9-14(23)21(2)3;/h12H,5-10H2,1-4H3,(H2,16,17,19);1H. The lowest BCUT2D eigenvalue weighted by atomic mass is 10.1. The van der Waals surface area contributed by atoms with E-state index in [2.05, 4.69) is 25.7 Å². The number of rotatable bonds is 6. The summed E-state index contributed by atoms with van der Waals surface area (Å²) >= 11 is 0. The molecule has 0 saturated carbocycles. The summed E-state index contributed by atoms with van der Waals surface area (Å²) in [5.41, 5.74) is 0. The number of nitrogens with one attached hydrogen (secondary N) is 2. The third-order valence-corrected chi connectivity index (χ3v) is 3.77. The summed E-state index contributed by atoms with van der Waals surface area (Å²) in [6, 6.07) is 0.196. The van der Waals surface area contributed by atoms with Gasteiger partial charge in [0.1, 0.15) is 18.2 Å². The summed E-state index contributed by atoms with van der Waals surface area (Å²) in [4.78, 5) is 22.1. The second kappa shape index (κ2) is 10.5. The molecule has 1 amide bonds. The maximum absolute atomic E-state index is 11.8. The van der Waals surface area contributed by atoms with Gasteiger partial charge in [0.15, 0.2) is 5.96 Å². The fourth-order valence-electron chi connectivity index (χ4n) is 2.46. The van der Waals surface area contributed by atoms with Crippen molar-refractivity contribution in [3.8, 4) is 0 Å². The Kier molecular flexibility index (Phi) is 9.11. The summed E-state index contributed by atoms with van der Waals surface area (Å²) in [5.74, 6) is 2.40. The van der Waals surface area contributed by atoms with Crippen molar-refractivity contribution in [1.82, 2.24) is 30.3 Å². The number of hydrogen-bond donors (Lipinski definition) is 2.